The number of anilines is 1. The lowest BCUT2D eigenvalue weighted by Gasteiger charge is -2.41. The maximum atomic E-state index is 12.4. The van der Waals surface area contributed by atoms with Gasteiger partial charge in [0.05, 0.1) is 11.4 Å². The van der Waals surface area contributed by atoms with Crippen molar-refractivity contribution in [2.24, 2.45) is 18.9 Å². The molecule has 1 aliphatic carbocycles. The molecule has 0 radical (unpaired) electrons. The van der Waals surface area contributed by atoms with Gasteiger partial charge in [-0.05, 0) is 49.8 Å². The van der Waals surface area contributed by atoms with E-state index in [-0.39, 0.29) is 29.0 Å². The van der Waals surface area contributed by atoms with Gasteiger partial charge in [-0.2, -0.15) is 0 Å². The highest BCUT2D eigenvalue weighted by Crippen LogP contribution is 2.35. The average molecular weight is 364 g/mol. The molecule has 2 heterocycles. The summed E-state index contributed by atoms with van der Waals surface area (Å²) in [7, 11) is 1.68. The van der Waals surface area contributed by atoms with Gasteiger partial charge in [0.1, 0.15) is 0 Å². The average Bonchev–Trinajstić information content (AvgIpc) is 2.87. The first-order valence-electron chi connectivity index (χ1n) is 8.79. The SMILES string of the molecule is Cn1c(=O)oc2ccc(NCC3CC4CC(Cl)CCC4NC3=O)cc21. The fourth-order valence-electron chi connectivity index (χ4n) is 4.08. The number of fused-ring (bicyclic) bond motifs is 2. The van der Waals surface area contributed by atoms with Gasteiger partial charge in [-0.3, -0.25) is 9.36 Å². The van der Waals surface area contributed by atoms with Crippen LogP contribution in [0.2, 0.25) is 0 Å². The number of amides is 1. The molecule has 7 heteroatoms. The highest BCUT2D eigenvalue weighted by atomic mass is 35.5. The molecule has 25 heavy (non-hydrogen) atoms. The third-order valence-electron chi connectivity index (χ3n) is 5.55. The summed E-state index contributed by atoms with van der Waals surface area (Å²) in [5, 5.41) is 6.73. The third-order valence-corrected chi connectivity index (χ3v) is 5.94. The molecule has 1 aromatic carbocycles. The van der Waals surface area contributed by atoms with Gasteiger partial charge < -0.3 is 15.1 Å². The Kier molecular flexibility index (Phi) is 4.23. The molecule has 6 nitrogen and oxygen atoms in total. The molecule has 2 aliphatic rings. The largest absolute Gasteiger partial charge is 0.419 e. The highest BCUT2D eigenvalue weighted by molar-refractivity contribution is 6.20. The molecule has 134 valence electrons. The number of aromatic nitrogens is 1. The third kappa shape index (κ3) is 3.15. The summed E-state index contributed by atoms with van der Waals surface area (Å²) in [6.07, 6.45) is 3.82. The summed E-state index contributed by atoms with van der Waals surface area (Å²) in [5.41, 5.74) is 2.17. The maximum Gasteiger partial charge on any atom is 0.419 e. The molecular weight excluding hydrogens is 342 g/mol. The van der Waals surface area contributed by atoms with Gasteiger partial charge in [0.2, 0.25) is 5.91 Å². The van der Waals surface area contributed by atoms with Crippen LogP contribution in [0, 0.1) is 11.8 Å². The van der Waals surface area contributed by atoms with Crippen molar-refractivity contribution in [1.82, 2.24) is 9.88 Å². The van der Waals surface area contributed by atoms with Crippen molar-refractivity contribution in [3.05, 3.63) is 28.7 Å². The van der Waals surface area contributed by atoms with Gasteiger partial charge in [-0.15, -0.1) is 11.6 Å². The lowest BCUT2D eigenvalue weighted by Crippen LogP contribution is -2.53. The van der Waals surface area contributed by atoms with Crippen LogP contribution in [0.25, 0.3) is 11.1 Å². The molecule has 4 rings (SSSR count). The van der Waals surface area contributed by atoms with E-state index in [0.717, 1.165) is 36.9 Å². The van der Waals surface area contributed by atoms with Crippen LogP contribution >= 0.6 is 11.6 Å². The molecule has 4 atom stereocenters. The van der Waals surface area contributed by atoms with Crippen LogP contribution in [0.4, 0.5) is 5.69 Å². The number of alkyl halides is 1. The number of halogens is 1. The molecule has 0 spiro atoms. The number of hydrogen-bond acceptors (Lipinski definition) is 4. The van der Waals surface area contributed by atoms with E-state index >= 15 is 0 Å². The quantitative estimate of drug-likeness (QED) is 0.821. The van der Waals surface area contributed by atoms with Gasteiger partial charge in [0.25, 0.3) is 0 Å². The zero-order valence-corrected chi connectivity index (χ0v) is 14.9. The van der Waals surface area contributed by atoms with E-state index in [0.29, 0.717) is 18.0 Å². The molecule has 1 aliphatic heterocycles. The number of piperidine rings is 1. The molecule has 2 aromatic rings. The van der Waals surface area contributed by atoms with Gasteiger partial charge >= 0.3 is 5.76 Å². The zero-order valence-electron chi connectivity index (χ0n) is 14.1. The monoisotopic (exact) mass is 363 g/mol. The normalized spacial score (nSPS) is 29.3. The van der Waals surface area contributed by atoms with Crippen molar-refractivity contribution in [3.8, 4) is 0 Å². The maximum absolute atomic E-state index is 12.4. The Morgan fingerprint density at radius 1 is 1.32 bits per heavy atom. The molecule has 1 saturated carbocycles. The highest BCUT2D eigenvalue weighted by Gasteiger charge is 2.38. The first-order chi connectivity index (χ1) is 12.0. The number of nitrogens with zero attached hydrogens (tertiary/aromatic N) is 1. The fourth-order valence-corrected chi connectivity index (χ4v) is 4.44. The molecule has 2 N–H and O–H groups in total. The Morgan fingerprint density at radius 3 is 3.00 bits per heavy atom. The Balaban J connectivity index is 1.44. The Hall–Kier alpha value is -1.95. The first-order valence-corrected chi connectivity index (χ1v) is 9.23. The molecule has 1 aromatic heterocycles. The van der Waals surface area contributed by atoms with Crippen LogP contribution in [-0.4, -0.2) is 28.4 Å². The summed E-state index contributed by atoms with van der Waals surface area (Å²) in [6.45, 7) is 0.569. The minimum atomic E-state index is -0.377. The zero-order chi connectivity index (χ0) is 17.6. The van der Waals surface area contributed by atoms with E-state index in [1.165, 1.54) is 4.57 Å². The van der Waals surface area contributed by atoms with Gasteiger partial charge in [-0.25, -0.2) is 4.79 Å². The van der Waals surface area contributed by atoms with Crippen molar-refractivity contribution >= 4 is 34.3 Å². The van der Waals surface area contributed by atoms with Crippen molar-refractivity contribution in [2.45, 2.75) is 37.1 Å². The number of aryl methyl sites for hydroxylation is 1. The van der Waals surface area contributed by atoms with Crippen molar-refractivity contribution in [3.63, 3.8) is 0 Å². The standard InChI is InChI=1S/C18H22ClN3O3/c1-22-15-8-13(3-5-16(15)25-18(22)24)20-9-11-6-10-7-12(19)2-4-14(10)21-17(11)23/h3,5,8,10-12,14,20H,2,4,6-7,9H2,1H3,(H,21,23). The molecular formula is C18H22ClN3O3. The van der Waals surface area contributed by atoms with E-state index in [1.54, 1.807) is 13.1 Å². The number of carbonyl (C=O) groups is 1. The van der Waals surface area contributed by atoms with Gasteiger partial charge in [0, 0.05) is 30.7 Å². The predicted molar refractivity (Wildman–Crippen MR) is 97.0 cm³/mol. The van der Waals surface area contributed by atoms with Crippen LogP contribution in [0.15, 0.2) is 27.4 Å². The smallest absolute Gasteiger partial charge is 0.408 e. The minimum Gasteiger partial charge on any atom is -0.408 e. The summed E-state index contributed by atoms with van der Waals surface area (Å²) in [4.78, 5) is 23.9. The number of nitrogens with one attached hydrogen (secondary N) is 2. The van der Waals surface area contributed by atoms with Crippen LogP contribution in [0.5, 0.6) is 0 Å². The molecule has 1 saturated heterocycles. The van der Waals surface area contributed by atoms with Gasteiger partial charge in [0.15, 0.2) is 5.58 Å². The van der Waals surface area contributed by atoms with Gasteiger partial charge in [-0.1, -0.05) is 0 Å². The number of hydrogen-bond donors (Lipinski definition) is 2. The van der Waals surface area contributed by atoms with Crippen LogP contribution in [0.1, 0.15) is 25.7 Å². The lowest BCUT2D eigenvalue weighted by atomic mass is 9.75. The summed E-state index contributed by atoms with van der Waals surface area (Å²) >= 11 is 6.30. The van der Waals surface area contributed by atoms with E-state index in [2.05, 4.69) is 10.6 Å². The van der Waals surface area contributed by atoms with Crippen LogP contribution in [0.3, 0.4) is 0 Å². The van der Waals surface area contributed by atoms with E-state index < -0.39 is 0 Å². The van der Waals surface area contributed by atoms with E-state index in [4.69, 9.17) is 16.0 Å². The van der Waals surface area contributed by atoms with Crippen molar-refractivity contribution < 1.29 is 9.21 Å². The molecule has 0 bridgehead atoms. The fraction of sp³-hybridized carbons (Fsp3) is 0.556. The van der Waals surface area contributed by atoms with Crippen molar-refractivity contribution in [2.75, 3.05) is 11.9 Å². The Labute approximate surface area is 150 Å². The second-order valence-electron chi connectivity index (χ2n) is 7.21. The summed E-state index contributed by atoms with van der Waals surface area (Å²) in [5.74, 6) is 0.154. The van der Waals surface area contributed by atoms with Crippen molar-refractivity contribution in [1.29, 1.82) is 0 Å². The molecule has 4 unspecified atom stereocenters. The Bertz CT molecular complexity index is 859. The topological polar surface area (TPSA) is 76.3 Å². The lowest BCUT2D eigenvalue weighted by molar-refractivity contribution is -0.129. The second kappa shape index (κ2) is 6.41. The second-order valence-corrected chi connectivity index (χ2v) is 7.83. The van der Waals surface area contributed by atoms with Crippen LogP contribution < -0.4 is 16.4 Å². The first kappa shape index (κ1) is 16.5. The van der Waals surface area contributed by atoms with E-state index in [9.17, 15) is 9.59 Å². The predicted octanol–water partition coefficient (Wildman–Crippen LogP) is 2.46. The summed E-state index contributed by atoms with van der Waals surface area (Å²) < 4.78 is 6.61. The van der Waals surface area contributed by atoms with E-state index in [1.807, 2.05) is 12.1 Å². The number of oxazole rings is 1. The number of benzene rings is 1. The number of rotatable bonds is 3. The Morgan fingerprint density at radius 2 is 2.16 bits per heavy atom. The summed E-state index contributed by atoms with van der Waals surface area (Å²) in [6, 6.07) is 5.80. The van der Waals surface area contributed by atoms with Crippen LogP contribution in [-0.2, 0) is 11.8 Å². The minimum absolute atomic E-state index is 0.0629. The molecule has 2 fully saturated rings. The molecule has 1 amide bonds. The number of carbonyl (C=O) groups excluding carboxylic acids is 1.